The van der Waals surface area contributed by atoms with E-state index in [1.54, 1.807) is 25.1 Å². The van der Waals surface area contributed by atoms with Crippen LogP contribution in [0.4, 0.5) is 5.69 Å². The van der Waals surface area contributed by atoms with Gasteiger partial charge in [0, 0.05) is 37.3 Å². The highest BCUT2D eigenvalue weighted by Crippen LogP contribution is 2.32. The van der Waals surface area contributed by atoms with Gasteiger partial charge in [0.1, 0.15) is 10.8 Å². The Bertz CT molecular complexity index is 1080. The molecule has 0 spiro atoms. The molecule has 160 valence electrons. The first kappa shape index (κ1) is 21.2. The van der Waals surface area contributed by atoms with E-state index in [1.165, 1.54) is 11.1 Å². The average molecular weight is 434 g/mol. The summed E-state index contributed by atoms with van der Waals surface area (Å²) in [6, 6.07) is 18.1. The van der Waals surface area contributed by atoms with E-state index in [0.29, 0.717) is 18.7 Å². The molecule has 0 bridgehead atoms. The smallest absolute Gasteiger partial charge is 0.256 e. The van der Waals surface area contributed by atoms with Crippen molar-refractivity contribution < 1.29 is 9.53 Å². The van der Waals surface area contributed by atoms with Gasteiger partial charge in [-0.3, -0.25) is 4.79 Å². The van der Waals surface area contributed by atoms with Gasteiger partial charge in [0.25, 0.3) is 5.91 Å². The molecule has 0 unspecified atom stereocenters. The molecule has 6 heteroatoms. The number of methoxy groups -OCH3 is 1. The van der Waals surface area contributed by atoms with Crippen molar-refractivity contribution >= 4 is 23.4 Å². The van der Waals surface area contributed by atoms with Crippen LogP contribution in [0.1, 0.15) is 21.5 Å². The third kappa shape index (κ3) is 4.69. The number of aryl methyl sites for hydroxylation is 2. The monoisotopic (exact) mass is 433 g/mol. The maximum absolute atomic E-state index is 13.3. The van der Waals surface area contributed by atoms with Gasteiger partial charge in [-0.15, -0.1) is 0 Å². The molecule has 3 aromatic rings. The van der Waals surface area contributed by atoms with Crippen molar-refractivity contribution in [1.82, 2.24) is 9.88 Å². The van der Waals surface area contributed by atoms with Crippen LogP contribution in [0.25, 0.3) is 0 Å². The summed E-state index contributed by atoms with van der Waals surface area (Å²) in [5.41, 5.74) is 4.23. The summed E-state index contributed by atoms with van der Waals surface area (Å²) < 4.78 is 5.50. The van der Waals surface area contributed by atoms with Crippen molar-refractivity contribution in [3.63, 3.8) is 0 Å². The lowest BCUT2D eigenvalue weighted by atomic mass is 10.1. The summed E-state index contributed by atoms with van der Waals surface area (Å²) in [4.78, 5) is 23.1. The predicted octanol–water partition coefficient (Wildman–Crippen LogP) is 4.82. The zero-order valence-electron chi connectivity index (χ0n) is 18.2. The van der Waals surface area contributed by atoms with Crippen LogP contribution in [-0.4, -0.2) is 49.1 Å². The van der Waals surface area contributed by atoms with E-state index in [1.807, 2.05) is 35.2 Å². The lowest BCUT2D eigenvalue weighted by Crippen LogP contribution is -2.49. The van der Waals surface area contributed by atoms with E-state index in [-0.39, 0.29) is 5.91 Å². The van der Waals surface area contributed by atoms with Crippen LogP contribution in [0.3, 0.4) is 0 Å². The van der Waals surface area contributed by atoms with Crippen LogP contribution in [0.2, 0.25) is 0 Å². The second kappa shape index (κ2) is 9.43. The van der Waals surface area contributed by atoms with Crippen LogP contribution >= 0.6 is 11.8 Å². The molecular formula is C25H27N3O2S. The first-order valence-corrected chi connectivity index (χ1v) is 11.3. The van der Waals surface area contributed by atoms with Crippen molar-refractivity contribution in [3.05, 3.63) is 77.5 Å². The minimum Gasteiger partial charge on any atom is -0.495 e. The summed E-state index contributed by atoms with van der Waals surface area (Å²) in [6.07, 6.45) is 1.75. The molecular weight excluding hydrogens is 406 g/mol. The fraction of sp³-hybridized carbons (Fsp3) is 0.280. The Morgan fingerprint density at radius 1 is 0.968 bits per heavy atom. The molecule has 0 atom stereocenters. The molecule has 2 aromatic carbocycles. The molecule has 1 aliphatic heterocycles. The quantitative estimate of drug-likeness (QED) is 0.577. The van der Waals surface area contributed by atoms with Gasteiger partial charge in [-0.05, 0) is 61.4 Å². The number of piperazine rings is 1. The molecule has 2 heterocycles. The van der Waals surface area contributed by atoms with Gasteiger partial charge in [-0.2, -0.15) is 0 Å². The number of hydrogen-bond acceptors (Lipinski definition) is 5. The van der Waals surface area contributed by atoms with Crippen LogP contribution in [0, 0.1) is 13.8 Å². The molecule has 1 aliphatic rings. The molecule has 0 radical (unpaired) electrons. The topological polar surface area (TPSA) is 45.7 Å². The first-order chi connectivity index (χ1) is 15.1. The van der Waals surface area contributed by atoms with Crippen LogP contribution in [0.15, 0.2) is 70.7 Å². The Hall–Kier alpha value is -2.99. The number of benzene rings is 2. The molecule has 1 amide bonds. The molecule has 1 saturated heterocycles. The Labute approximate surface area is 188 Å². The summed E-state index contributed by atoms with van der Waals surface area (Å²) in [7, 11) is 1.69. The van der Waals surface area contributed by atoms with E-state index in [4.69, 9.17) is 4.74 Å². The lowest BCUT2D eigenvalue weighted by Gasteiger charge is -2.36. The number of carbonyl (C=O) groups excluding carboxylic acids is 1. The van der Waals surface area contributed by atoms with Gasteiger partial charge in [-0.1, -0.05) is 30.0 Å². The van der Waals surface area contributed by atoms with Gasteiger partial charge in [0.15, 0.2) is 0 Å². The Balaban J connectivity index is 1.47. The van der Waals surface area contributed by atoms with E-state index in [9.17, 15) is 4.79 Å². The van der Waals surface area contributed by atoms with Crippen molar-refractivity contribution in [2.45, 2.75) is 23.8 Å². The van der Waals surface area contributed by atoms with Crippen molar-refractivity contribution in [3.8, 4) is 5.75 Å². The van der Waals surface area contributed by atoms with Crippen LogP contribution < -0.4 is 9.64 Å². The Morgan fingerprint density at radius 2 is 1.74 bits per heavy atom. The SMILES string of the molecule is COc1ccccc1N1CCN(C(=O)c2cccnc2Sc2ccc(C)c(C)c2)CC1. The third-order valence-electron chi connectivity index (χ3n) is 5.69. The second-order valence-corrected chi connectivity index (χ2v) is 8.72. The van der Waals surface area contributed by atoms with Crippen molar-refractivity contribution in [2.75, 3.05) is 38.2 Å². The zero-order chi connectivity index (χ0) is 21.8. The standard InChI is InChI=1S/C25H27N3O2S/c1-18-10-11-20(17-19(18)2)31-24-21(7-6-12-26-24)25(29)28-15-13-27(14-16-28)22-8-4-5-9-23(22)30-3/h4-12,17H,13-16H2,1-3H3. The van der Waals surface area contributed by atoms with E-state index in [2.05, 4.69) is 48.0 Å². The van der Waals surface area contributed by atoms with Gasteiger partial charge >= 0.3 is 0 Å². The Kier molecular flexibility index (Phi) is 6.47. The number of rotatable bonds is 5. The fourth-order valence-electron chi connectivity index (χ4n) is 3.74. The molecule has 4 rings (SSSR count). The number of anilines is 1. The first-order valence-electron chi connectivity index (χ1n) is 10.4. The van der Waals surface area contributed by atoms with Crippen molar-refractivity contribution in [2.24, 2.45) is 0 Å². The Morgan fingerprint density at radius 3 is 2.48 bits per heavy atom. The number of hydrogen-bond donors (Lipinski definition) is 0. The number of nitrogens with zero attached hydrogens (tertiary/aromatic N) is 3. The van der Waals surface area contributed by atoms with E-state index >= 15 is 0 Å². The van der Waals surface area contributed by atoms with Crippen molar-refractivity contribution in [1.29, 1.82) is 0 Å². The van der Waals surface area contributed by atoms with Crippen LogP contribution in [0.5, 0.6) is 5.75 Å². The average Bonchev–Trinajstić information content (AvgIpc) is 2.81. The van der Waals surface area contributed by atoms with E-state index < -0.39 is 0 Å². The molecule has 1 fully saturated rings. The lowest BCUT2D eigenvalue weighted by molar-refractivity contribution is 0.0742. The van der Waals surface area contributed by atoms with E-state index in [0.717, 1.165) is 34.4 Å². The van der Waals surface area contributed by atoms with Gasteiger partial charge in [0.05, 0.1) is 18.4 Å². The number of amides is 1. The van der Waals surface area contributed by atoms with Gasteiger partial charge in [-0.25, -0.2) is 4.98 Å². The number of aromatic nitrogens is 1. The highest BCUT2D eigenvalue weighted by molar-refractivity contribution is 7.99. The molecule has 0 aliphatic carbocycles. The molecule has 0 saturated carbocycles. The van der Waals surface area contributed by atoms with Crippen LogP contribution in [-0.2, 0) is 0 Å². The number of pyridine rings is 1. The minimum atomic E-state index is 0.0408. The predicted molar refractivity (Wildman–Crippen MR) is 125 cm³/mol. The summed E-state index contributed by atoms with van der Waals surface area (Å²) in [6.45, 7) is 7.08. The summed E-state index contributed by atoms with van der Waals surface area (Å²) in [5, 5.41) is 0.753. The largest absolute Gasteiger partial charge is 0.495 e. The molecule has 1 aromatic heterocycles. The summed E-state index contributed by atoms with van der Waals surface area (Å²) >= 11 is 1.55. The van der Waals surface area contributed by atoms with Gasteiger partial charge < -0.3 is 14.5 Å². The maximum atomic E-state index is 13.3. The molecule has 0 N–H and O–H groups in total. The number of para-hydroxylation sites is 2. The second-order valence-electron chi connectivity index (χ2n) is 7.66. The normalized spacial score (nSPS) is 13.9. The molecule has 5 nitrogen and oxygen atoms in total. The van der Waals surface area contributed by atoms with Gasteiger partial charge in [0.2, 0.25) is 0 Å². The highest BCUT2D eigenvalue weighted by atomic mass is 32.2. The highest BCUT2D eigenvalue weighted by Gasteiger charge is 2.25. The minimum absolute atomic E-state index is 0.0408. The summed E-state index contributed by atoms with van der Waals surface area (Å²) in [5.74, 6) is 0.903. The number of carbonyl (C=O) groups is 1. The maximum Gasteiger partial charge on any atom is 0.256 e. The molecule has 31 heavy (non-hydrogen) atoms. The number of ether oxygens (including phenoxy) is 1. The fourth-order valence-corrected chi connectivity index (χ4v) is 4.71. The third-order valence-corrected chi connectivity index (χ3v) is 6.70. The zero-order valence-corrected chi connectivity index (χ0v) is 19.0.